The van der Waals surface area contributed by atoms with Gasteiger partial charge in [-0.25, -0.2) is 8.42 Å². The molecule has 0 radical (unpaired) electrons. The highest BCUT2D eigenvalue weighted by Gasteiger charge is 2.27. The summed E-state index contributed by atoms with van der Waals surface area (Å²) in [7, 11) is -3.81. The highest BCUT2D eigenvalue weighted by Crippen LogP contribution is 2.22. The van der Waals surface area contributed by atoms with Crippen LogP contribution in [0.15, 0.2) is 23.1 Å². The molecule has 1 atom stereocenters. The topological polar surface area (TPSA) is 111 Å². The molecule has 20 heavy (non-hydrogen) atoms. The van der Waals surface area contributed by atoms with E-state index in [1.807, 2.05) is 12.1 Å². The number of nitrogens with two attached hydrogens (primary N) is 1. The van der Waals surface area contributed by atoms with E-state index in [1.165, 1.54) is 22.5 Å². The smallest absolute Gasteiger partial charge is 0.244 e. The Hall–Kier alpha value is -2.09. The molecule has 0 spiro atoms. The van der Waals surface area contributed by atoms with Crippen LogP contribution < -0.4 is 5.73 Å². The number of hydrogen-bond acceptors (Lipinski definition) is 5. The van der Waals surface area contributed by atoms with E-state index in [4.69, 9.17) is 16.3 Å². The Labute approximate surface area is 119 Å². The molecule has 1 aromatic rings. The fourth-order valence-electron chi connectivity index (χ4n) is 1.74. The van der Waals surface area contributed by atoms with Gasteiger partial charge in [-0.3, -0.25) is 0 Å². The number of nitrogen functional groups attached to an aromatic ring is 1. The van der Waals surface area contributed by atoms with Crippen LogP contribution in [0.1, 0.15) is 19.4 Å². The summed E-state index contributed by atoms with van der Waals surface area (Å²) in [5.41, 5.74) is 5.89. The van der Waals surface area contributed by atoms with Gasteiger partial charge in [-0.05, 0) is 25.1 Å². The molecule has 1 unspecified atom stereocenters. The molecule has 1 rings (SSSR count). The summed E-state index contributed by atoms with van der Waals surface area (Å²) < 4.78 is 26.2. The highest BCUT2D eigenvalue weighted by atomic mass is 32.2. The van der Waals surface area contributed by atoms with Gasteiger partial charge in [-0.15, -0.1) is 0 Å². The fraction of sp³-hybridized carbons (Fsp3) is 0.385. The van der Waals surface area contributed by atoms with Crippen LogP contribution in [-0.4, -0.2) is 25.8 Å². The van der Waals surface area contributed by atoms with Crippen LogP contribution in [0.2, 0.25) is 0 Å². The SMILES string of the molecule is CCN(CC(C)C#N)S(=O)(=O)c1ccc(N)cc1C#N. The molecule has 0 aliphatic rings. The maximum absolute atomic E-state index is 12.5. The van der Waals surface area contributed by atoms with Gasteiger partial charge in [0.1, 0.15) is 11.0 Å². The van der Waals surface area contributed by atoms with Gasteiger partial charge in [-0.1, -0.05) is 6.92 Å². The molecule has 0 aliphatic heterocycles. The summed E-state index contributed by atoms with van der Waals surface area (Å²) in [5.74, 6) is -0.427. The van der Waals surface area contributed by atoms with Crippen molar-refractivity contribution in [3.8, 4) is 12.1 Å². The van der Waals surface area contributed by atoms with Crippen molar-refractivity contribution in [2.45, 2.75) is 18.7 Å². The zero-order valence-corrected chi connectivity index (χ0v) is 12.2. The van der Waals surface area contributed by atoms with Crippen molar-refractivity contribution in [1.82, 2.24) is 4.31 Å². The maximum Gasteiger partial charge on any atom is 0.244 e. The normalized spacial score (nSPS) is 12.7. The van der Waals surface area contributed by atoms with Crippen molar-refractivity contribution in [3.63, 3.8) is 0 Å². The second-order valence-electron chi connectivity index (χ2n) is 4.35. The fourth-order valence-corrected chi connectivity index (χ4v) is 3.40. The minimum atomic E-state index is -3.81. The van der Waals surface area contributed by atoms with Gasteiger partial charge in [0.2, 0.25) is 10.0 Å². The van der Waals surface area contributed by atoms with Gasteiger partial charge in [-0.2, -0.15) is 14.8 Å². The van der Waals surface area contributed by atoms with Crippen LogP contribution in [0.5, 0.6) is 0 Å². The number of rotatable bonds is 5. The van der Waals surface area contributed by atoms with Crippen LogP contribution in [0.3, 0.4) is 0 Å². The molecule has 0 saturated carbocycles. The average molecular weight is 292 g/mol. The Morgan fingerprint density at radius 3 is 2.55 bits per heavy atom. The van der Waals surface area contributed by atoms with Gasteiger partial charge >= 0.3 is 0 Å². The predicted molar refractivity (Wildman–Crippen MR) is 74.8 cm³/mol. The van der Waals surface area contributed by atoms with Crippen molar-refractivity contribution in [1.29, 1.82) is 10.5 Å². The van der Waals surface area contributed by atoms with Crippen LogP contribution in [0.4, 0.5) is 5.69 Å². The van der Waals surface area contributed by atoms with Crippen LogP contribution >= 0.6 is 0 Å². The summed E-state index contributed by atoms with van der Waals surface area (Å²) in [6.45, 7) is 3.64. The molecular formula is C13H16N4O2S. The van der Waals surface area contributed by atoms with Crippen molar-refractivity contribution in [3.05, 3.63) is 23.8 Å². The Balaban J connectivity index is 3.29. The zero-order valence-electron chi connectivity index (χ0n) is 11.4. The largest absolute Gasteiger partial charge is 0.399 e. The average Bonchev–Trinajstić information content (AvgIpc) is 2.43. The van der Waals surface area contributed by atoms with Gasteiger partial charge in [0.05, 0.1) is 17.6 Å². The first-order chi connectivity index (χ1) is 9.36. The lowest BCUT2D eigenvalue weighted by molar-refractivity contribution is 0.399. The molecule has 0 amide bonds. The van der Waals surface area contributed by atoms with Gasteiger partial charge < -0.3 is 5.73 Å². The summed E-state index contributed by atoms with van der Waals surface area (Å²) in [5, 5.41) is 17.9. The molecule has 0 fully saturated rings. The molecule has 0 saturated heterocycles. The lowest BCUT2D eigenvalue weighted by atomic mass is 10.2. The number of benzene rings is 1. The van der Waals surface area contributed by atoms with Crippen LogP contribution in [0.25, 0.3) is 0 Å². The minimum absolute atomic E-state index is 0.00746. The van der Waals surface area contributed by atoms with E-state index < -0.39 is 15.9 Å². The van der Waals surface area contributed by atoms with E-state index in [2.05, 4.69) is 0 Å². The van der Waals surface area contributed by atoms with E-state index in [9.17, 15) is 8.42 Å². The van der Waals surface area contributed by atoms with Crippen molar-refractivity contribution in [2.75, 3.05) is 18.8 Å². The molecule has 0 aromatic heterocycles. The zero-order chi connectivity index (χ0) is 15.3. The second-order valence-corrected chi connectivity index (χ2v) is 6.26. The number of nitrogens with zero attached hydrogens (tertiary/aromatic N) is 3. The minimum Gasteiger partial charge on any atom is -0.399 e. The van der Waals surface area contributed by atoms with E-state index in [1.54, 1.807) is 13.8 Å². The molecule has 2 N–H and O–H groups in total. The van der Waals surface area contributed by atoms with E-state index in [0.717, 1.165) is 0 Å². The molecule has 0 heterocycles. The Bertz CT molecular complexity index is 671. The summed E-state index contributed by atoms with van der Waals surface area (Å²) in [4.78, 5) is -0.0822. The molecule has 0 bridgehead atoms. The third-order valence-corrected chi connectivity index (χ3v) is 4.79. The first-order valence-electron chi connectivity index (χ1n) is 6.06. The van der Waals surface area contributed by atoms with Crippen molar-refractivity contribution < 1.29 is 8.42 Å². The van der Waals surface area contributed by atoms with Gasteiger partial charge in [0, 0.05) is 18.8 Å². The Morgan fingerprint density at radius 2 is 2.05 bits per heavy atom. The first-order valence-corrected chi connectivity index (χ1v) is 7.50. The van der Waals surface area contributed by atoms with E-state index >= 15 is 0 Å². The number of sulfonamides is 1. The quantitative estimate of drug-likeness (QED) is 0.822. The Kier molecular flexibility index (Phi) is 5.09. The third kappa shape index (κ3) is 3.27. The van der Waals surface area contributed by atoms with Crippen LogP contribution in [0, 0.1) is 28.6 Å². The summed E-state index contributed by atoms with van der Waals surface area (Å²) in [6, 6.07) is 7.93. The number of hydrogen-bond donors (Lipinski definition) is 1. The van der Waals surface area contributed by atoms with Crippen LogP contribution in [-0.2, 0) is 10.0 Å². The lowest BCUT2D eigenvalue weighted by Gasteiger charge is -2.22. The predicted octanol–water partition coefficient (Wildman–Crippen LogP) is 1.31. The second kappa shape index (κ2) is 6.38. The number of nitriles is 2. The standard InChI is InChI=1S/C13H16N4O2S/c1-3-17(9-10(2)7-14)20(18,19)13-5-4-12(16)6-11(13)8-15/h4-6,10H,3,9,16H2,1-2H3. The highest BCUT2D eigenvalue weighted by molar-refractivity contribution is 7.89. The van der Waals surface area contributed by atoms with E-state index in [0.29, 0.717) is 5.69 Å². The molecule has 7 heteroatoms. The van der Waals surface area contributed by atoms with Gasteiger partial charge in [0.15, 0.2) is 0 Å². The monoisotopic (exact) mass is 292 g/mol. The third-order valence-electron chi connectivity index (χ3n) is 2.79. The van der Waals surface area contributed by atoms with Gasteiger partial charge in [0.25, 0.3) is 0 Å². The molecular weight excluding hydrogens is 276 g/mol. The summed E-state index contributed by atoms with van der Waals surface area (Å²) >= 11 is 0. The maximum atomic E-state index is 12.5. The molecule has 6 nitrogen and oxygen atoms in total. The lowest BCUT2D eigenvalue weighted by Crippen LogP contribution is -2.34. The number of anilines is 1. The Morgan fingerprint density at radius 1 is 1.40 bits per heavy atom. The van der Waals surface area contributed by atoms with Crippen molar-refractivity contribution in [2.24, 2.45) is 5.92 Å². The molecule has 106 valence electrons. The van der Waals surface area contributed by atoms with E-state index in [-0.39, 0.29) is 23.5 Å². The summed E-state index contributed by atoms with van der Waals surface area (Å²) in [6.07, 6.45) is 0. The molecule has 0 aliphatic carbocycles. The van der Waals surface area contributed by atoms with Crippen molar-refractivity contribution >= 4 is 15.7 Å². The molecule has 1 aromatic carbocycles. The first kappa shape index (κ1) is 16.0.